The average molecular weight is 214 g/mol. The predicted octanol–water partition coefficient (Wildman–Crippen LogP) is 2.56. The lowest BCUT2D eigenvalue weighted by Gasteiger charge is -2.06. The molecule has 2 heterocycles. The Balaban J connectivity index is 2.53. The number of nitrogens with zero attached hydrogens (tertiary/aromatic N) is 1. The molecule has 2 aromatic heterocycles. The quantitative estimate of drug-likeness (QED) is 0.835. The van der Waals surface area contributed by atoms with E-state index in [-0.39, 0.29) is 5.56 Å². The minimum absolute atomic E-state index is 0.101. The number of hydrogen-bond donors (Lipinski definition) is 1. The molecule has 3 heteroatoms. The molecule has 82 valence electrons. The lowest BCUT2D eigenvalue weighted by Crippen LogP contribution is -2.08. The maximum atomic E-state index is 11.6. The van der Waals surface area contributed by atoms with E-state index in [0.29, 0.717) is 11.5 Å². The normalized spacial score (nSPS) is 10.7. The van der Waals surface area contributed by atoms with Gasteiger partial charge < -0.3 is 4.98 Å². The van der Waals surface area contributed by atoms with Gasteiger partial charge in [0.1, 0.15) is 0 Å². The summed E-state index contributed by atoms with van der Waals surface area (Å²) in [5.74, 6) is 0.364. The Kier molecular flexibility index (Phi) is 2.86. The Bertz CT molecular complexity index is 543. The zero-order chi connectivity index (χ0) is 11.5. The van der Waals surface area contributed by atoms with E-state index in [0.717, 1.165) is 11.4 Å². The van der Waals surface area contributed by atoms with Crippen molar-refractivity contribution < 1.29 is 0 Å². The number of pyridine rings is 2. The van der Waals surface area contributed by atoms with Crippen LogP contribution >= 0.6 is 0 Å². The molecule has 0 fully saturated rings. The molecule has 0 aliphatic carbocycles. The number of aromatic amines is 1. The second kappa shape index (κ2) is 4.31. The highest BCUT2D eigenvalue weighted by atomic mass is 16.1. The summed E-state index contributed by atoms with van der Waals surface area (Å²) in [4.78, 5) is 18.7. The monoisotopic (exact) mass is 214 g/mol. The lowest BCUT2D eigenvalue weighted by molar-refractivity contribution is 0.824. The third-order valence-electron chi connectivity index (χ3n) is 2.46. The lowest BCUT2D eigenvalue weighted by atomic mass is 10.1. The van der Waals surface area contributed by atoms with Crippen molar-refractivity contribution in [1.82, 2.24) is 9.97 Å². The second-order valence-corrected chi connectivity index (χ2v) is 4.02. The van der Waals surface area contributed by atoms with Gasteiger partial charge in [0.15, 0.2) is 0 Å². The number of hydrogen-bond acceptors (Lipinski definition) is 2. The number of aromatic nitrogens is 2. The van der Waals surface area contributed by atoms with Gasteiger partial charge in [-0.25, -0.2) is 0 Å². The Hall–Kier alpha value is -1.90. The van der Waals surface area contributed by atoms with Crippen LogP contribution in [0.4, 0.5) is 0 Å². The van der Waals surface area contributed by atoms with Crippen LogP contribution in [0, 0.1) is 0 Å². The average Bonchev–Trinajstić information content (AvgIpc) is 2.30. The summed E-state index contributed by atoms with van der Waals surface area (Å²) in [6, 6.07) is 9.36. The molecule has 0 saturated heterocycles. The van der Waals surface area contributed by atoms with Crippen molar-refractivity contribution in [3.63, 3.8) is 0 Å². The first-order valence-electron chi connectivity index (χ1n) is 5.33. The fourth-order valence-corrected chi connectivity index (χ4v) is 1.55. The first kappa shape index (κ1) is 10.6. The maximum absolute atomic E-state index is 11.6. The van der Waals surface area contributed by atoms with Gasteiger partial charge in [-0.2, -0.15) is 0 Å². The summed E-state index contributed by atoms with van der Waals surface area (Å²) in [7, 11) is 0. The molecule has 0 aliphatic heterocycles. The van der Waals surface area contributed by atoms with Crippen molar-refractivity contribution in [2.24, 2.45) is 0 Å². The van der Waals surface area contributed by atoms with Crippen molar-refractivity contribution in [3.05, 3.63) is 52.6 Å². The van der Waals surface area contributed by atoms with Gasteiger partial charge in [0.05, 0.1) is 11.3 Å². The second-order valence-electron chi connectivity index (χ2n) is 4.02. The van der Waals surface area contributed by atoms with Gasteiger partial charge in [-0.3, -0.25) is 9.78 Å². The predicted molar refractivity (Wildman–Crippen MR) is 64.4 cm³/mol. The molecule has 1 N–H and O–H groups in total. The molecule has 16 heavy (non-hydrogen) atoms. The number of rotatable bonds is 2. The molecule has 0 bridgehead atoms. The van der Waals surface area contributed by atoms with Crippen LogP contribution in [0.25, 0.3) is 11.3 Å². The summed E-state index contributed by atoms with van der Waals surface area (Å²) in [6.07, 6.45) is 1.62. The minimum atomic E-state index is -0.101. The zero-order valence-corrected chi connectivity index (χ0v) is 9.40. The molecule has 0 aliphatic rings. The van der Waals surface area contributed by atoms with Crippen molar-refractivity contribution in [1.29, 1.82) is 0 Å². The van der Waals surface area contributed by atoms with Crippen molar-refractivity contribution in [2.75, 3.05) is 0 Å². The molecule has 0 radical (unpaired) electrons. The molecule has 0 aromatic carbocycles. The van der Waals surface area contributed by atoms with Crippen molar-refractivity contribution >= 4 is 0 Å². The molecule has 0 saturated carbocycles. The Morgan fingerprint density at radius 2 is 2.00 bits per heavy atom. The molecule has 0 amide bonds. The van der Waals surface area contributed by atoms with Crippen LogP contribution in [0.2, 0.25) is 0 Å². The molecule has 3 nitrogen and oxygen atoms in total. The van der Waals surface area contributed by atoms with E-state index in [9.17, 15) is 4.79 Å². The van der Waals surface area contributed by atoms with E-state index in [2.05, 4.69) is 23.8 Å². The highest BCUT2D eigenvalue weighted by molar-refractivity contribution is 5.57. The van der Waals surface area contributed by atoms with Crippen molar-refractivity contribution in [3.8, 4) is 11.3 Å². The van der Waals surface area contributed by atoms with E-state index in [4.69, 9.17) is 0 Å². The summed E-state index contributed by atoms with van der Waals surface area (Å²) in [5, 5.41) is 0. The van der Waals surface area contributed by atoms with E-state index in [1.807, 2.05) is 18.2 Å². The van der Waals surface area contributed by atoms with E-state index < -0.39 is 0 Å². The van der Waals surface area contributed by atoms with Crippen molar-refractivity contribution in [2.45, 2.75) is 19.8 Å². The molecule has 0 atom stereocenters. The van der Waals surface area contributed by atoms with Crippen LogP contribution in [0.1, 0.15) is 25.5 Å². The van der Waals surface area contributed by atoms with Gasteiger partial charge in [-0.05, 0) is 30.2 Å². The fourth-order valence-electron chi connectivity index (χ4n) is 1.55. The Morgan fingerprint density at radius 3 is 2.69 bits per heavy atom. The molecule has 2 rings (SSSR count). The number of nitrogens with one attached hydrogen (secondary N) is 1. The SMILES string of the molecule is CC(C)c1cccc(-c2ccc[nH]c2=O)n1. The van der Waals surface area contributed by atoms with Gasteiger partial charge in [-0.1, -0.05) is 19.9 Å². The highest BCUT2D eigenvalue weighted by Gasteiger charge is 2.06. The maximum Gasteiger partial charge on any atom is 0.257 e. The molecule has 2 aromatic rings. The van der Waals surface area contributed by atoms with Crippen LogP contribution in [0.5, 0.6) is 0 Å². The summed E-state index contributed by atoms with van der Waals surface area (Å²) >= 11 is 0. The Labute approximate surface area is 94.2 Å². The highest BCUT2D eigenvalue weighted by Crippen LogP contribution is 2.16. The first-order valence-corrected chi connectivity index (χ1v) is 5.33. The van der Waals surface area contributed by atoms with E-state index in [1.165, 1.54) is 0 Å². The topological polar surface area (TPSA) is 45.8 Å². The third kappa shape index (κ3) is 2.03. The third-order valence-corrected chi connectivity index (χ3v) is 2.46. The van der Waals surface area contributed by atoms with Crippen LogP contribution < -0.4 is 5.56 Å². The van der Waals surface area contributed by atoms with Gasteiger partial charge in [-0.15, -0.1) is 0 Å². The standard InChI is InChI=1S/C13H14N2O/c1-9(2)11-6-3-7-12(15-11)10-5-4-8-14-13(10)16/h3-9H,1-2H3,(H,14,16). The van der Waals surface area contributed by atoms with Crippen LogP contribution in [-0.2, 0) is 0 Å². The van der Waals surface area contributed by atoms with Gasteiger partial charge in [0.2, 0.25) is 0 Å². The molecular formula is C13H14N2O. The zero-order valence-electron chi connectivity index (χ0n) is 9.40. The van der Waals surface area contributed by atoms with E-state index >= 15 is 0 Å². The Morgan fingerprint density at radius 1 is 1.19 bits per heavy atom. The fraction of sp³-hybridized carbons (Fsp3) is 0.231. The summed E-state index contributed by atoms with van der Waals surface area (Å²) in [6.45, 7) is 4.17. The van der Waals surface area contributed by atoms with Gasteiger partial charge in [0.25, 0.3) is 5.56 Å². The van der Waals surface area contributed by atoms with E-state index in [1.54, 1.807) is 18.3 Å². The smallest absolute Gasteiger partial charge is 0.257 e. The summed E-state index contributed by atoms with van der Waals surface area (Å²) in [5.41, 5.74) is 2.25. The first-order chi connectivity index (χ1) is 7.68. The number of H-pyrrole nitrogens is 1. The van der Waals surface area contributed by atoms with Gasteiger partial charge >= 0.3 is 0 Å². The minimum Gasteiger partial charge on any atom is -0.329 e. The largest absolute Gasteiger partial charge is 0.329 e. The van der Waals surface area contributed by atoms with Crippen LogP contribution in [0.15, 0.2) is 41.3 Å². The molecular weight excluding hydrogens is 200 g/mol. The summed E-state index contributed by atoms with van der Waals surface area (Å²) < 4.78 is 0. The molecule has 0 unspecified atom stereocenters. The van der Waals surface area contributed by atoms with Crippen LogP contribution in [0.3, 0.4) is 0 Å². The van der Waals surface area contributed by atoms with Gasteiger partial charge in [0, 0.05) is 11.9 Å². The molecule has 0 spiro atoms. The van der Waals surface area contributed by atoms with Crippen LogP contribution in [-0.4, -0.2) is 9.97 Å².